The minimum Gasteiger partial charge on any atom is -0.481 e. The highest BCUT2D eigenvalue weighted by Gasteiger charge is 2.06. The second kappa shape index (κ2) is 5.76. The Morgan fingerprint density at radius 3 is 2.62 bits per heavy atom. The molecule has 1 aromatic rings. The number of rotatable bonds is 5. The molecule has 0 saturated heterocycles. The van der Waals surface area contributed by atoms with Crippen molar-refractivity contribution in [2.75, 3.05) is 11.9 Å². The molecule has 2 N–H and O–H groups in total. The molecule has 4 heteroatoms. The van der Waals surface area contributed by atoms with Crippen LogP contribution in [0.25, 0.3) is 0 Å². The van der Waals surface area contributed by atoms with Crippen molar-refractivity contribution in [3.8, 4) is 6.07 Å². The Morgan fingerprint density at radius 1 is 1.50 bits per heavy atom. The Morgan fingerprint density at radius 2 is 2.12 bits per heavy atom. The fourth-order valence-electron chi connectivity index (χ4n) is 1.32. The zero-order valence-electron chi connectivity index (χ0n) is 9.10. The molecular weight excluding hydrogens is 204 g/mol. The summed E-state index contributed by atoms with van der Waals surface area (Å²) in [4.78, 5) is 10.4. The van der Waals surface area contributed by atoms with Crippen molar-refractivity contribution in [3.05, 3.63) is 29.8 Å². The fraction of sp³-hybridized carbons (Fsp3) is 0.333. The van der Waals surface area contributed by atoms with Gasteiger partial charge in [-0.15, -0.1) is 0 Å². The second-order valence-electron chi connectivity index (χ2n) is 3.77. The minimum atomic E-state index is -0.783. The van der Waals surface area contributed by atoms with Crippen molar-refractivity contribution in [1.29, 1.82) is 5.26 Å². The molecule has 0 radical (unpaired) electrons. The van der Waals surface area contributed by atoms with Crippen LogP contribution < -0.4 is 5.32 Å². The largest absolute Gasteiger partial charge is 0.481 e. The number of hydrogen-bond acceptors (Lipinski definition) is 3. The van der Waals surface area contributed by atoms with Gasteiger partial charge >= 0.3 is 5.97 Å². The molecule has 0 aliphatic heterocycles. The zero-order valence-corrected chi connectivity index (χ0v) is 9.10. The summed E-state index contributed by atoms with van der Waals surface area (Å²) in [6.07, 6.45) is 0.156. The lowest BCUT2D eigenvalue weighted by Crippen LogP contribution is -2.14. The maximum atomic E-state index is 10.4. The number of carboxylic acids is 1. The zero-order chi connectivity index (χ0) is 12.0. The lowest BCUT2D eigenvalue weighted by molar-refractivity contribution is -0.137. The van der Waals surface area contributed by atoms with Gasteiger partial charge in [0.05, 0.1) is 11.6 Å². The van der Waals surface area contributed by atoms with Crippen molar-refractivity contribution in [1.82, 2.24) is 0 Å². The number of nitrogens with zero attached hydrogens (tertiary/aromatic N) is 1. The van der Waals surface area contributed by atoms with Gasteiger partial charge in [0.1, 0.15) is 0 Å². The van der Waals surface area contributed by atoms with Crippen LogP contribution in [0.2, 0.25) is 0 Å². The van der Waals surface area contributed by atoms with E-state index in [1.807, 2.05) is 25.1 Å². The molecule has 1 rings (SSSR count). The summed E-state index contributed by atoms with van der Waals surface area (Å²) in [6.45, 7) is 2.49. The molecule has 1 aromatic carbocycles. The van der Waals surface area contributed by atoms with Gasteiger partial charge in [0, 0.05) is 18.7 Å². The third-order valence-corrected chi connectivity index (χ3v) is 2.19. The fourth-order valence-corrected chi connectivity index (χ4v) is 1.32. The van der Waals surface area contributed by atoms with Crippen molar-refractivity contribution in [3.63, 3.8) is 0 Å². The first-order valence-corrected chi connectivity index (χ1v) is 5.07. The van der Waals surface area contributed by atoms with Gasteiger partial charge in [0.25, 0.3) is 0 Å². The number of nitriles is 1. The molecule has 0 spiro atoms. The summed E-state index contributed by atoms with van der Waals surface area (Å²) in [5.41, 5.74) is 1.51. The van der Waals surface area contributed by atoms with Gasteiger partial charge in [-0.2, -0.15) is 5.26 Å². The van der Waals surface area contributed by atoms with Crippen LogP contribution in [0.15, 0.2) is 24.3 Å². The van der Waals surface area contributed by atoms with Crippen LogP contribution >= 0.6 is 0 Å². The maximum absolute atomic E-state index is 10.4. The van der Waals surface area contributed by atoms with E-state index in [-0.39, 0.29) is 12.3 Å². The Hall–Kier alpha value is -2.02. The molecular formula is C12H14N2O2. The summed E-state index contributed by atoms with van der Waals surface area (Å²) in [7, 11) is 0. The van der Waals surface area contributed by atoms with Gasteiger partial charge < -0.3 is 10.4 Å². The van der Waals surface area contributed by atoms with Crippen LogP contribution in [0.5, 0.6) is 0 Å². The average Bonchev–Trinajstić information content (AvgIpc) is 2.26. The highest BCUT2D eigenvalue weighted by Crippen LogP contribution is 2.10. The summed E-state index contributed by atoms with van der Waals surface area (Å²) in [5, 5.41) is 20.3. The van der Waals surface area contributed by atoms with Gasteiger partial charge in [-0.1, -0.05) is 6.92 Å². The summed E-state index contributed by atoms with van der Waals surface area (Å²) in [5.74, 6) is -0.706. The molecule has 0 amide bonds. The summed E-state index contributed by atoms with van der Waals surface area (Å²) < 4.78 is 0. The number of carboxylic acid groups (broad SMARTS) is 1. The first kappa shape index (κ1) is 12.1. The smallest absolute Gasteiger partial charge is 0.303 e. The predicted molar refractivity (Wildman–Crippen MR) is 61.1 cm³/mol. The minimum absolute atomic E-state index is 0.0770. The lowest BCUT2D eigenvalue weighted by Gasteiger charge is -2.11. The van der Waals surface area contributed by atoms with E-state index >= 15 is 0 Å². The third kappa shape index (κ3) is 4.01. The molecule has 4 nitrogen and oxygen atoms in total. The van der Waals surface area contributed by atoms with E-state index in [0.717, 1.165) is 5.69 Å². The van der Waals surface area contributed by atoms with Gasteiger partial charge in [0.15, 0.2) is 0 Å². The van der Waals surface area contributed by atoms with Gasteiger partial charge in [-0.3, -0.25) is 4.79 Å². The normalized spacial score (nSPS) is 11.5. The molecule has 0 fully saturated rings. The highest BCUT2D eigenvalue weighted by molar-refractivity contribution is 5.67. The Balaban J connectivity index is 2.43. The number of benzene rings is 1. The topological polar surface area (TPSA) is 73.1 Å². The summed E-state index contributed by atoms with van der Waals surface area (Å²) in [6, 6.07) is 9.12. The number of nitrogens with one attached hydrogen (secondary N) is 1. The number of hydrogen-bond donors (Lipinski definition) is 2. The van der Waals surface area contributed by atoms with E-state index in [4.69, 9.17) is 10.4 Å². The van der Waals surface area contributed by atoms with E-state index in [0.29, 0.717) is 12.1 Å². The van der Waals surface area contributed by atoms with Crippen LogP contribution in [0.4, 0.5) is 5.69 Å². The van der Waals surface area contributed by atoms with E-state index < -0.39 is 5.97 Å². The molecule has 0 saturated carbocycles. The Kier molecular flexibility index (Phi) is 4.34. The second-order valence-corrected chi connectivity index (χ2v) is 3.77. The van der Waals surface area contributed by atoms with E-state index in [1.54, 1.807) is 12.1 Å². The number of anilines is 1. The molecule has 1 unspecified atom stereocenters. The quantitative estimate of drug-likeness (QED) is 0.793. The highest BCUT2D eigenvalue weighted by atomic mass is 16.4. The molecule has 0 aliphatic rings. The molecule has 0 bridgehead atoms. The van der Waals surface area contributed by atoms with E-state index in [2.05, 4.69) is 5.32 Å². The monoisotopic (exact) mass is 218 g/mol. The Labute approximate surface area is 94.5 Å². The molecule has 0 heterocycles. The molecule has 0 aliphatic carbocycles. The maximum Gasteiger partial charge on any atom is 0.303 e. The Bertz CT molecular complexity index is 392. The molecule has 1 atom stereocenters. The SMILES string of the molecule is CC(CNc1ccc(C#N)cc1)CC(=O)O. The van der Waals surface area contributed by atoms with Crippen LogP contribution in [-0.4, -0.2) is 17.6 Å². The molecule has 16 heavy (non-hydrogen) atoms. The average molecular weight is 218 g/mol. The summed E-state index contributed by atoms with van der Waals surface area (Å²) >= 11 is 0. The van der Waals surface area contributed by atoms with Crippen molar-refractivity contribution < 1.29 is 9.90 Å². The molecule has 0 aromatic heterocycles. The van der Waals surface area contributed by atoms with E-state index in [9.17, 15) is 4.79 Å². The van der Waals surface area contributed by atoms with Crippen LogP contribution in [-0.2, 0) is 4.79 Å². The van der Waals surface area contributed by atoms with E-state index in [1.165, 1.54) is 0 Å². The predicted octanol–water partition coefficient (Wildman–Crippen LogP) is 2.08. The van der Waals surface area contributed by atoms with Crippen molar-refractivity contribution in [2.24, 2.45) is 5.92 Å². The lowest BCUT2D eigenvalue weighted by atomic mass is 10.1. The standard InChI is InChI=1S/C12H14N2O2/c1-9(6-12(15)16)8-14-11-4-2-10(7-13)3-5-11/h2-5,9,14H,6,8H2,1H3,(H,15,16). The number of aliphatic carboxylic acids is 1. The van der Waals surface area contributed by atoms with Gasteiger partial charge in [-0.05, 0) is 30.2 Å². The van der Waals surface area contributed by atoms with Gasteiger partial charge in [-0.25, -0.2) is 0 Å². The van der Waals surface area contributed by atoms with Crippen molar-refractivity contribution in [2.45, 2.75) is 13.3 Å². The number of carbonyl (C=O) groups is 1. The first-order valence-electron chi connectivity index (χ1n) is 5.07. The van der Waals surface area contributed by atoms with Crippen LogP contribution in [0, 0.1) is 17.2 Å². The van der Waals surface area contributed by atoms with Crippen LogP contribution in [0.3, 0.4) is 0 Å². The van der Waals surface area contributed by atoms with Crippen molar-refractivity contribution >= 4 is 11.7 Å². The van der Waals surface area contributed by atoms with Gasteiger partial charge in [0.2, 0.25) is 0 Å². The molecule has 84 valence electrons. The first-order chi connectivity index (χ1) is 7.61. The third-order valence-electron chi connectivity index (χ3n) is 2.19. The van der Waals surface area contributed by atoms with Crippen LogP contribution in [0.1, 0.15) is 18.9 Å².